The van der Waals surface area contributed by atoms with Crippen LogP contribution in [0.1, 0.15) is 5.56 Å². The maximum absolute atomic E-state index is 14.6. The van der Waals surface area contributed by atoms with Crippen molar-refractivity contribution in [3.63, 3.8) is 0 Å². The Balaban J connectivity index is 1.42. The van der Waals surface area contributed by atoms with Crippen LogP contribution in [0.3, 0.4) is 0 Å². The summed E-state index contributed by atoms with van der Waals surface area (Å²) in [6.45, 7) is 3.48. The fourth-order valence-electron chi connectivity index (χ4n) is 6.52. The van der Waals surface area contributed by atoms with Crippen LogP contribution in [0, 0.1) is 17.5 Å². The number of aromatic nitrogens is 4. The number of rotatable bonds is 9. The molecule has 10 nitrogen and oxygen atoms in total. The highest BCUT2D eigenvalue weighted by Gasteiger charge is 2.34. The van der Waals surface area contributed by atoms with E-state index in [1.54, 1.807) is 36.4 Å². The standard InChI is InChI=1S/C41H34F6N8O2/c42-30-8-4-27(5-9-30)35-25-37(52-16-20-56-21-17-52)50-39(48-35)54(33-14-12-32(44)13-15-33)55(34-3-1-2-29(24-34)41(45,46)47)40-49-36(28-6-10-31(43)11-7-28)26-38(51-40)53-18-22-57-23-19-53/h1-15,24-26H,16-23H2. The van der Waals surface area contributed by atoms with E-state index in [0.29, 0.717) is 86.8 Å². The average Bonchev–Trinajstić information content (AvgIpc) is 3.24. The van der Waals surface area contributed by atoms with Gasteiger partial charge in [0, 0.05) is 49.4 Å². The van der Waals surface area contributed by atoms with Crippen LogP contribution < -0.4 is 19.8 Å². The van der Waals surface area contributed by atoms with Gasteiger partial charge < -0.3 is 19.3 Å². The molecule has 0 unspecified atom stereocenters. The minimum absolute atomic E-state index is 0.0398. The highest BCUT2D eigenvalue weighted by Crippen LogP contribution is 2.40. The number of benzene rings is 4. The predicted molar refractivity (Wildman–Crippen MR) is 203 cm³/mol. The molecule has 57 heavy (non-hydrogen) atoms. The van der Waals surface area contributed by atoms with Crippen LogP contribution in [0.15, 0.2) is 109 Å². The molecule has 4 heterocycles. The quantitative estimate of drug-likeness (QED) is 0.105. The summed E-state index contributed by atoms with van der Waals surface area (Å²) in [4.78, 5) is 23.7. The first kappa shape index (κ1) is 37.7. The zero-order chi connectivity index (χ0) is 39.5. The summed E-state index contributed by atoms with van der Waals surface area (Å²) in [6.07, 6.45) is -4.74. The average molecular weight is 785 g/mol. The zero-order valence-electron chi connectivity index (χ0n) is 30.2. The molecule has 0 bridgehead atoms. The molecule has 0 saturated carbocycles. The fraction of sp³-hybridized carbons (Fsp3) is 0.220. The van der Waals surface area contributed by atoms with Crippen molar-refractivity contribution >= 4 is 34.9 Å². The molecule has 2 saturated heterocycles. The summed E-state index contributed by atoms with van der Waals surface area (Å²) in [5.74, 6) is -0.773. The van der Waals surface area contributed by atoms with Crippen LogP contribution in [-0.4, -0.2) is 72.5 Å². The van der Waals surface area contributed by atoms with Crippen LogP contribution in [0.5, 0.6) is 0 Å². The number of hydrogen-bond donors (Lipinski definition) is 0. The molecule has 0 aliphatic carbocycles. The van der Waals surface area contributed by atoms with Crippen molar-refractivity contribution in [2.24, 2.45) is 0 Å². The molecule has 8 rings (SSSR count). The lowest BCUT2D eigenvalue weighted by atomic mass is 10.1. The molecule has 2 aromatic heterocycles. The van der Waals surface area contributed by atoms with Gasteiger partial charge in [-0.05, 0) is 91.0 Å². The van der Waals surface area contributed by atoms with Gasteiger partial charge in [-0.15, -0.1) is 0 Å². The first-order valence-electron chi connectivity index (χ1n) is 18.1. The van der Waals surface area contributed by atoms with Crippen molar-refractivity contribution in [2.75, 3.05) is 72.4 Å². The summed E-state index contributed by atoms with van der Waals surface area (Å²) < 4.78 is 97.5. The van der Waals surface area contributed by atoms with E-state index >= 15 is 0 Å². The Morgan fingerprint density at radius 3 is 1.35 bits per heavy atom. The molecule has 0 radical (unpaired) electrons. The van der Waals surface area contributed by atoms with Gasteiger partial charge >= 0.3 is 6.18 Å². The minimum Gasteiger partial charge on any atom is -0.378 e. The Morgan fingerprint density at radius 1 is 0.491 bits per heavy atom. The molecule has 0 N–H and O–H groups in total. The molecule has 2 aliphatic rings. The fourth-order valence-corrected chi connectivity index (χ4v) is 6.52. The maximum Gasteiger partial charge on any atom is 0.416 e. The second kappa shape index (κ2) is 16.1. The van der Waals surface area contributed by atoms with E-state index in [2.05, 4.69) is 0 Å². The van der Waals surface area contributed by atoms with Crippen LogP contribution in [0.4, 0.5) is 61.2 Å². The van der Waals surface area contributed by atoms with Crippen molar-refractivity contribution in [3.8, 4) is 22.5 Å². The summed E-state index contributed by atoms with van der Waals surface area (Å²) in [5.41, 5.74) is 0.991. The van der Waals surface area contributed by atoms with Gasteiger partial charge in [-0.3, -0.25) is 0 Å². The number of morpholine rings is 2. The maximum atomic E-state index is 14.6. The second-order valence-corrected chi connectivity index (χ2v) is 13.2. The topological polar surface area (TPSA) is 83.0 Å². The number of hydrogen-bond acceptors (Lipinski definition) is 10. The van der Waals surface area contributed by atoms with E-state index in [-0.39, 0.29) is 23.3 Å². The van der Waals surface area contributed by atoms with Gasteiger partial charge in [0.2, 0.25) is 0 Å². The monoisotopic (exact) mass is 784 g/mol. The SMILES string of the molecule is Fc1ccc(-c2cc(N3CCOCC3)nc(N(c3ccc(F)cc3)N(c3cccc(C(F)(F)F)c3)c3nc(-c4ccc(F)cc4)cc(N4CCOCC4)n3)n2)cc1. The Hall–Kier alpha value is -6.26. The van der Waals surface area contributed by atoms with Gasteiger partial charge in [-0.2, -0.15) is 23.1 Å². The van der Waals surface area contributed by atoms with E-state index < -0.39 is 29.2 Å². The molecular formula is C41H34F6N8O2. The Bertz CT molecular complexity index is 2320. The van der Waals surface area contributed by atoms with Crippen LogP contribution in [0.25, 0.3) is 22.5 Å². The summed E-state index contributed by atoms with van der Waals surface area (Å²) in [7, 11) is 0. The van der Waals surface area contributed by atoms with Crippen LogP contribution >= 0.6 is 0 Å². The normalized spacial score (nSPS) is 14.8. The molecule has 0 spiro atoms. The zero-order valence-corrected chi connectivity index (χ0v) is 30.2. The third-order valence-electron chi connectivity index (χ3n) is 9.42. The smallest absolute Gasteiger partial charge is 0.378 e. The third-order valence-corrected chi connectivity index (χ3v) is 9.42. The lowest BCUT2D eigenvalue weighted by Gasteiger charge is -2.37. The van der Waals surface area contributed by atoms with E-state index in [0.717, 1.165) is 12.1 Å². The minimum atomic E-state index is -4.74. The Kier molecular flexibility index (Phi) is 10.6. The van der Waals surface area contributed by atoms with Gasteiger partial charge in [0.15, 0.2) is 0 Å². The largest absolute Gasteiger partial charge is 0.416 e. The highest BCUT2D eigenvalue weighted by atomic mass is 19.4. The van der Waals surface area contributed by atoms with Crippen molar-refractivity contribution < 1.29 is 35.8 Å². The van der Waals surface area contributed by atoms with Gasteiger partial charge in [0.05, 0.1) is 54.8 Å². The van der Waals surface area contributed by atoms with Gasteiger partial charge in [-0.25, -0.2) is 33.2 Å². The molecule has 0 atom stereocenters. The third kappa shape index (κ3) is 8.46. The van der Waals surface area contributed by atoms with Crippen molar-refractivity contribution in [2.45, 2.75) is 6.18 Å². The van der Waals surface area contributed by atoms with Crippen molar-refractivity contribution in [3.05, 3.63) is 132 Å². The van der Waals surface area contributed by atoms with E-state index in [1.165, 1.54) is 70.7 Å². The van der Waals surface area contributed by atoms with Crippen molar-refractivity contribution in [1.82, 2.24) is 19.9 Å². The first-order chi connectivity index (χ1) is 27.6. The van der Waals surface area contributed by atoms with Crippen LogP contribution in [-0.2, 0) is 15.7 Å². The number of alkyl halides is 3. The van der Waals surface area contributed by atoms with Gasteiger partial charge in [-0.1, -0.05) is 6.07 Å². The lowest BCUT2D eigenvalue weighted by molar-refractivity contribution is -0.137. The predicted octanol–water partition coefficient (Wildman–Crippen LogP) is 8.60. The second-order valence-electron chi connectivity index (χ2n) is 13.2. The molecule has 2 aliphatic heterocycles. The number of nitrogens with zero attached hydrogens (tertiary/aromatic N) is 8. The summed E-state index contributed by atoms with van der Waals surface area (Å²) in [5, 5.41) is 2.76. The first-order valence-corrected chi connectivity index (χ1v) is 18.1. The Labute approximate surface area is 323 Å². The van der Waals surface area contributed by atoms with E-state index in [1.807, 2.05) is 9.80 Å². The molecule has 6 aromatic rings. The molecular weight excluding hydrogens is 750 g/mol. The molecule has 2 fully saturated rings. The molecule has 292 valence electrons. The lowest BCUT2D eigenvalue weighted by Crippen LogP contribution is -2.41. The number of ether oxygens (including phenoxy) is 2. The highest BCUT2D eigenvalue weighted by molar-refractivity contribution is 5.77. The summed E-state index contributed by atoms with van der Waals surface area (Å²) >= 11 is 0. The van der Waals surface area contributed by atoms with E-state index in [9.17, 15) is 26.3 Å². The molecule has 16 heteroatoms. The summed E-state index contributed by atoms with van der Waals surface area (Å²) in [6, 6.07) is 24.7. The Morgan fingerprint density at radius 2 is 0.912 bits per heavy atom. The van der Waals surface area contributed by atoms with Crippen LogP contribution in [0.2, 0.25) is 0 Å². The van der Waals surface area contributed by atoms with Crippen molar-refractivity contribution in [1.29, 1.82) is 0 Å². The van der Waals surface area contributed by atoms with Gasteiger partial charge in [0.25, 0.3) is 11.9 Å². The number of hydrazine groups is 1. The molecule has 0 amide bonds. The van der Waals surface area contributed by atoms with Gasteiger partial charge in [0.1, 0.15) is 29.1 Å². The van der Waals surface area contributed by atoms with E-state index in [4.69, 9.17) is 29.4 Å². The number of anilines is 6. The number of halogens is 6. The molecule has 4 aromatic carbocycles.